The summed E-state index contributed by atoms with van der Waals surface area (Å²) in [6.45, 7) is -0.111. The van der Waals surface area contributed by atoms with Gasteiger partial charge < -0.3 is 10.4 Å². The van der Waals surface area contributed by atoms with E-state index in [1.807, 2.05) is 0 Å². The summed E-state index contributed by atoms with van der Waals surface area (Å²) >= 11 is 8.96. The van der Waals surface area contributed by atoms with Crippen LogP contribution in [0.5, 0.6) is 0 Å². The van der Waals surface area contributed by atoms with Crippen molar-refractivity contribution in [1.82, 2.24) is 0 Å². The zero-order chi connectivity index (χ0) is 9.84. The van der Waals surface area contributed by atoms with Gasteiger partial charge in [-0.2, -0.15) is 0 Å². The fraction of sp³-hybridized carbons (Fsp3) is 0.125. The van der Waals surface area contributed by atoms with E-state index in [-0.39, 0.29) is 6.54 Å². The van der Waals surface area contributed by atoms with Crippen molar-refractivity contribution in [2.24, 2.45) is 0 Å². The maximum Gasteiger partial charge on any atom is 0.322 e. The summed E-state index contributed by atoms with van der Waals surface area (Å²) in [6.07, 6.45) is 0. The number of halogens is 2. The molecule has 0 amide bonds. The van der Waals surface area contributed by atoms with Crippen LogP contribution >= 0.6 is 27.5 Å². The Bertz CT molecular complexity index is 330. The predicted molar refractivity (Wildman–Crippen MR) is 55.3 cm³/mol. The van der Waals surface area contributed by atoms with Crippen molar-refractivity contribution in [3.05, 3.63) is 27.7 Å². The molecular weight excluding hydrogens is 257 g/mol. The molecule has 0 aliphatic carbocycles. The van der Waals surface area contributed by atoms with E-state index in [4.69, 9.17) is 16.7 Å². The molecule has 0 aliphatic rings. The van der Waals surface area contributed by atoms with Crippen molar-refractivity contribution < 1.29 is 9.90 Å². The van der Waals surface area contributed by atoms with Gasteiger partial charge in [0.1, 0.15) is 6.54 Å². The third-order valence-electron chi connectivity index (χ3n) is 1.36. The van der Waals surface area contributed by atoms with Gasteiger partial charge in [-0.05, 0) is 34.1 Å². The monoisotopic (exact) mass is 263 g/mol. The Morgan fingerprint density at radius 3 is 2.85 bits per heavy atom. The normalized spacial score (nSPS) is 9.69. The summed E-state index contributed by atoms with van der Waals surface area (Å²) in [5.41, 5.74) is 0.715. The topological polar surface area (TPSA) is 49.3 Å². The molecule has 0 aliphatic heterocycles. The fourth-order valence-corrected chi connectivity index (χ4v) is 1.63. The maximum atomic E-state index is 10.2. The van der Waals surface area contributed by atoms with Crippen LogP contribution in [-0.4, -0.2) is 17.6 Å². The molecule has 5 heteroatoms. The van der Waals surface area contributed by atoms with Crippen molar-refractivity contribution in [2.75, 3.05) is 11.9 Å². The number of carbonyl (C=O) groups is 1. The van der Waals surface area contributed by atoms with Gasteiger partial charge in [0.15, 0.2) is 0 Å². The molecule has 0 saturated carbocycles. The quantitative estimate of drug-likeness (QED) is 0.882. The molecule has 2 N–H and O–H groups in total. The molecule has 0 spiro atoms. The molecular formula is C8H7BrClNO2. The first-order valence-corrected chi connectivity index (χ1v) is 4.67. The van der Waals surface area contributed by atoms with E-state index in [9.17, 15) is 4.79 Å². The van der Waals surface area contributed by atoms with Gasteiger partial charge in [0.2, 0.25) is 0 Å². The van der Waals surface area contributed by atoms with Gasteiger partial charge in [-0.15, -0.1) is 0 Å². The first-order valence-electron chi connectivity index (χ1n) is 3.50. The summed E-state index contributed by atoms with van der Waals surface area (Å²) < 4.78 is 0.751. The molecule has 3 nitrogen and oxygen atoms in total. The number of hydrogen-bond acceptors (Lipinski definition) is 2. The standard InChI is InChI=1S/C8H7BrClNO2/c9-6-3-5(10)1-2-7(6)11-4-8(12)13/h1-3,11H,4H2,(H,12,13). The summed E-state index contributed by atoms with van der Waals surface area (Å²) in [6, 6.07) is 5.11. The molecule has 0 saturated heterocycles. The van der Waals surface area contributed by atoms with Gasteiger partial charge in [0, 0.05) is 15.2 Å². The van der Waals surface area contributed by atoms with Gasteiger partial charge in [0.25, 0.3) is 0 Å². The number of carboxylic acid groups (broad SMARTS) is 1. The van der Waals surface area contributed by atoms with Crippen LogP contribution < -0.4 is 5.32 Å². The van der Waals surface area contributed by atoms with E-state index < -0.39 is 5.97 Å². The van der Waals surface area contributed by atoms with E-state index in [1.54, 1.807) is 18.2 Å². The summed E-state index contributed by atoms with van der Waals surface area (Å²) in [5, 5.41) is 11.8. The van der Waals surface area contributed by atoms with Crippen molar-refractivity contribution in [3.8, 4) is 0 Å². The van der Waals surface area contributed by atoms with Crippen LogP contribution in [0, 0.1) is 0 Å². The van der Waals surface area contributed by atoms with E-state index in [1.165, 1.54) is 0 Å². The molecule has 1 rings (SSSR count). The number of nitrogens with one attached hydrogen (secondary N) is 1. The molecule has 0 atom stereocenters. The molecule has 0 bridgehead atoms. The molecule has 0 aromatic heterocycles. The Labute approximate surface area is 88.8 Å². The highest BCUT2D eigenvalue weighted by molar-refractivity contribution is 9.10. The van der Waals surface area contributed by atoms with Crippen molar-refractivity contribution in [2.45, 2.75) is 0 Å². The lowest BCUT2D eigenvalue weighted by Crippen LogP contribution is -2.12. The Morgan fingerprint density at radius 2 is 2.31 bits per heavy atom. The number of carboxylic acids is 1. The number of benzene rings is 1. The van der Waals surface area contributed by atoms with Crippen molar-refractivity contribution >= 4 is 39.2 Å². The second kappa shape index (κ2) is 4.48. The summed E-state index contributed by atoms with van der Waals surface area (Å²) in [4.78, 5) is 10.2. The molecule has 70 valence electrons. The Hall–Kier alpha value is -0.740. The van der Waals surface area contributed by atoms with E-state index in [0.717, 1.165) is 4.47 Å². The van der Waals surface area contributed by atoms with E-state index >= 15 is 0 Å². The lowest BCUT2D eigenvalue weighted by atomic mass is 10.3. The summed E-state index contributed by atoms with van der Waals surface area (Å²) in [5.74, 6) is -0.901. The van der Waals surface area contributed by atoms with Gasteiger partial charge in [-0.3, -0.25) is 4.79 Å². The fourth-order valence-electron chi connectivity index (χ4n) is 0.804. The van der Waals surface area contributed by atoms with Crippen LogP contribution in [0.1, 0.15) is 0 Å². The highest BCUT2D eigenvalue weighted by Gasteiger charge is 2.01. The second-order valence-electron chi connectivity index (χ2n) is 2.37. The van der Waals surface area contributed by atoms with E-state index in [2.05, 4.69) is 21.2 Å². The largest absolute Gasteiger partial charge is 0.480 e. The number of aliphatic carboxylic acids is 1. The SMILES string of the molecule is O=C(O)CNc1ccc(Cl)cc1Br. The minimum Gasteiger partial charge on any atom is -0.480 e. The number of hydrogen-bond donors (Lipinski definition) is 2. The van der Waals surface area contributed by atoms with Crippen LogP contribution in [0.25, 0.3) is 0 Å². The Balaban J connectivity index is 2.72. The average Bonchev–Trinajstić information content (AvgIpc) is 2.02. The molecule has 0 fully saturated rings. The van der Waals surface area contributed by atoms with Crippen LogP contribution in [0.3, 0.4) is 0 Å². The lowest BCUT2D eigenvalue weighted by Gasteiger charge is -2.05. The molecule has 13 heavy (non-hydrogen) atoms. The maximum absolute atomic E-state index is 10.2. The molecule has 0 radical (unpaired) electrons. The van der Waals surface area contributed by atoms with Crippen molar-refractivity contribution in [3.63, 3.8) is 0 Å². The third kappa shape index (κ3) is 3.24. The Kier molecular flexibility index (Phi) is 3.57. The number of anilines is 1. The minimum atomic E-state index is -0.901. The van der Waals surface area contributed by atoms with Gasteiger partial charge in [0.05, 0.1) is 0 Å². The second-order valence-corrected chi connectivity index (χ2v) is 3.66. The molecule has 0 heterocycles. The highest BCUT2D eigenvalue weighted by Crippen LogP contribution is 2.25. The minimum absolute atomic E-state index is 0.111. The number of rotatable bonds is 3. The lowest BCUT2D eigenvalue weighted by molar-refractivity contribution is -0.134. The molecule has 0 unspecified atom stereocenters. The smallest absolute Gasteiger partial charge is 0.322 e. The van der Waals surface area contributed by atoms with Crippen LogP contribution in [0.2, 0.25) is 5.02 Å². The molecule has 1 aromatic rings. The zero-order valence-corrected chi connectivity index (χ0v) is 8.89. The first kappa shape index (κ1) is 10.3. The highest BCUT2D eigenvalue weighted by atomic mass is 79.9. The average molecular weight is 265 g/mol. The predicted octanol–water partition coefficient (Wildman–Crippen LogP) is 2.60. The zero-order valence-electron chi connectivity index (χ0n) is 6.55. The van der Waals surface area contributed by atoms with Crippen molar-refractivity contribution in [1.29, 1.82) is 0 Å². The van der Waals surface area contributed by atoms with Crippen LogP contribution in [0.15, 0.2) is 22.7 Å². The first-order chi connectivity index (χ1) is 6.09. The molecule has 1 aromatic carbocycles. The van der Waals surface area contributed by atoms with Gasteiger partial charge >= 0.3 is 5.97 Å². The Morgan fingerprint density at radius 1 is 1.62 bits per heavy atom. The van der Waals surface area contributed by atoms with Crippen LogP contribution in [0.4, 0.5) is 5.69 Å². The van der Waals surface area contributed by atoms with Crippen LogP contribution in [-0.2, 0) is 4.79 Å². The third-order valence-corrected chi connectivity index (χ3v) is 2.25. The summed E-state index contributed by atoms with van der Waals surface area (Å²) in [7, 11) is 0. The van der Waals surface area contributed by atoms with Gasteiger partial charge in [-0.25, -0.2) is 0 Å². The van der Waals surface area contributed by atoms with E-state index in [0.29, 0.717) is 10.7 Å². The van der Waals surface area contributed by atoms with Gasteiger partial charge in [-0.1, -0.05) is 11.6 Å².